The minimum Gasteiger partial charge on any atom is -0.504 e. The summed E-state index contributed by atoms with van der Waals surface area (Å²) >= 11 is 0. The van der Waals surface area contributed by atoms with Crippen LogP contribution in [0.1, 0.15) is 56.1 Å². The van der Waals surface area contributed by atoms with Crippen LogP contribution in [0.5, 0.6) is 11.5 Å². The highest BCUT2D eigenvalue weighted by molar-refractivity contribution is 5.51. The van der Waals surface area contributed by atoms with Gasteiger partial charge in [0.1, 0.15) is 0 Å². The Hall–Kier alpha value is -1.22. The van der Waals surface area contributed by atoms with Crippen molar-refractivity contribution in [3.63, 3.8) is 0 Å². The van der Waals surface area contributed by atoms with Gasteiger partial charge in [-0.15, -0.1) is 0 Å². The zero-order valence-electron chi connectivity index (χ0n) is 12.2. The number of fused-ring (bicyclic) bond motifs is 3. The van der Waals surface area contributed by atoms with Gasteiger partial charge in [0.25, 0.3) is 0 Å². The highest BCUT2D eigenvalue weighted by atomic mass is 16.3. The first kappa shape index (κ1) is 13.7. The quantitative estimate of drug-likeness (QED) is 0.742. The number of benzene rings is 1. The Bertz CT molecular complexity index is 486. The fourth-order valence-corrected chi connectivity index (χ4v) is 3.98. The number of piperidine rings is 1. The van der Waals surface area contributed by atoms with Gasteiger partial charge in [-0.1, -0.05) is 25.8 Å². The lowest BCUT2D eigenvalue weighted by Crippen LogP contribution is -2.46. The lowest BCUT2D eigenvalue weighted by atomic mass is 9.71. The van der Waals surface area contributed by atoms with Crippen LogP contribution in [0.2, 0.25) is 0 Å². The van der Waals surface area contributed by atoms with Crippen molar-refractivity contribution < 1.29 is 10.2 Å². The molecule has 3 heteroatoms. The predicted molar refractivity (Wildman–Crippen MR) is 80.3 cm³/mol. The molecule has 1 saturated heterocycles. The molecule has 3 rings (SSSR count). The van der Waals surface area contributed by atoms with E-state index in [0.717, 1.165) is 30.9 Å². The van der Waals surface area contributed by atoms with Gasteiger partial charge in [-0.25, -0.2) is 0 Å². The van der Waals surface area contributed by atoms with Crippen molar-refractivity contribution in [1.82, 2.24) is 5.32 Å². The maximum Gasteiger partial charge on any atom is 0.160 e. The van der Waals surface area contributed by atoms with E-state index in [2.05, 4.69) is 12.2 Å². The van der Waals surface area contributed by atoms with Crippen molar-refractivity contribution in [3.05, 3.63) is 23.3 Å². The third-order valence-electron chi connectivity index (χ3n) is 5.11. The highest BCUT2D eigenvalue weighted by Crippen LogP contribution is 2.44. The number of unbranched alkanes of at least 4 members (excludes halogenated alkanes) is 1. The summed E-state index contributed by atoms with van der Waals surface area (Å²) in [6.07, 6.45) is 7.01. The summed E-state index contributed by atoms with van der Waals surface area (Å²) in [4.78, 5) is 0. The zero-order chi connectivity index (χ0) is 14.1. The second-order valence-corrected chi connectivity index (χ2v) is 6.40. The van der Waals surface area contributed by atoms with Gasteiger partial charge in [0.2, 0.25) is 0 Å². The van der Waals surface area contributed by atoms with Gasteiger partial charge in [-0.2, -0.15) is 0 Å². The summed E-state index contributed by atoms with van der Waals surface area (Å²) in [5.74, 6) is 1.38. The van der Waals surface area contributed by atoms with Crippen molar-refractivity contribution in [2.45, 2.75) is 57.4 Å². The van der Waals surface area contributed by atoms with E-state index in [0.29, 0.717) is 12.0 Å². The molecule has 1 aliphatic heterocycles. The van der Waals surface area contributed by atoms with Gasteiger partial charge in [0.05, 0.1) is 0 Å². The van der Waals surface area contributed by atoms with Crippen molar-refractivity contribution in [2.24, 2.45) is 5.92 Å². The fourth-order valence-electron chi connectivity index (χ4n) is 3.98. The van der Waals surface area contributed by atoms with E-state index in [-0.39, 0.29) is 11.5 Å². The van der Waals surface area contributed by atoms with Gasteiger partial charge in [-0.05, 0) is 55.7 Å². The molecule has 1 aromatic rings. The Labute approximate surface area is 121 Å². The highest BCUT2D eigenvalue weighted by Gasteiger charge is 2.36. The molecule has 2 aliphatic rings. The standard InChI is InChI=1S/C17H25NO2/c1-2-3-4-11-9-14-12-6-8-16(19)17(20)13(12)5-7-15(14)18-10-11/h6,8,11,14-15,18-20H,2-5,7,9-10H2,1H3. The van der Waals surface area contributed by atoms with Crippen LogP contribution in [0.25, 0.3) is 0 Å². The summed E-state index contributed by atoms with van der Waals surface area (Å²) in [5, 5.41) is 23.5. The molecule has 1 aliphatic carbocycles. The van der Waals surface area contributed by atoms with Crippen LogP contribution < -0.4 is 5.32 Å². The number of hydrogen-bond donors (Lipinski definition) is 3. The number of aromatic hydroxyl groups is 2. The molecular weight excluding hydrogens is 250 g/mol. The number of nitrogens with one attached hydrogen (secondary N) is 1. The summed E-state index contributed by atoms with van der Waals surface area (Å²) in [5.41, 5.74) is 2.23. The van der Waals surface area contributed by atoms with E-state index in [1.807, 2.05) is 6.07 Å². The van der Waals surface area contributed by atoms with Crippen LogP contribution in [-0.4, -0.2) is 22.8 Å². The summed E-state index contributed by atoms with van der Waals surface area (Å²) in [6.45, 7) is 3.39. The van der Waals surface area contributed by atoms with Crippen LogP contribution in [-0.2, 0) is 6.42 Å². The lowest BCUT2D eigenvalue weighted by molar-refractivity contribution is 0.238. The molecule has 1 aromatic carbocycles. The fraction of sp³-hybridized carbons (Fsp3) is 0.647. The molecule has 0 saturated carbocycles. The first-order valence-electron chi connectivity index (χ1n) is 7.97. The molecule has 1 fully saturated rings. The molecule has 0 spiro atoms. The van der Waals surface area contributed by atoms with Crippen LogP contribution in [0.3, 0.4) is 0 Å². The Morgan fingerprint density at radius 2 is 2.15 bits per heavy atom. The van der Waals surface area contributed by atoms with Gasteiger partial charge in [0.15, 0.2) is 11.5 Å². The predicted octanol–water partition coefficient (Wildman–Crippen LogP) is 3.30. The first-order valence-corrected chi connectivity index (χ1v) is 7.97. The van der Waals surface area contributed by atoms with E-state index in [4.69, 9.17) is 0 Å². The first-order chi connectivity index (χ1) is 9.70. The minimum absolute atomic E-state index is 0.0218. The number of hydrogen-bond acceptors (Lipinski definition) is 3. The Morgan fingerprint density at radius 3 is 2.95 bits per heavy atom. The Kier molecular flexibility index (Phi) is 3.88. The lowest BCUT2D eigenvalue weighted by Gasteiger charge is -2.41. The molecule has 1 heterocycles. The van der Waals surface area contributed by atoms with Crippen LogP contribution in [0, 0.1) is 5.92 Å². The monoisotopic (exact) mass is 275 g/mol. The van der Waals surface area contributed by atoms with Crippen LogP contribution in [0.15, 0.2) is 12.1 Å². The molecule has 0 bridgehead atoms. The molecule has 3 atom stereocenters. The van der Waals surface area contributed by atoms with Gasteiger partial charge in [0, 0.05) is 11.6 Å². The normalized spacial score (nSPS) is 28.8. The molecule has 20 heavy (non-hydrogen) atoms. The minimum atomic E-state index is 0.0218. The summed E-state index contributed by atoms with van der Waals surface area (Å²) in [7, 11) is 0. The third kappa shape index (κ3) is 2.39. The third-order valence-corrected chi connectivity index (χ3v) is 5.11. The molecular formula is C17H25NO2. The van der Waals surface area contributed by atoms with Gasteiger partial charge in [-0.3, -0.25) is 0 Å². The largest absolute Gasteiger partial charge is 0.504 e. The molecule has 3 N–H and O–H groups in total. The van der Waals surface area contributed by atoms with Gasteiger partial charge < -0.3 is 15.5 Å². The SMILES string of the molecule is CCCCC1CNC2CCc3c(ccc(O)c3O)C2C1. The average Bonchev–Trinajstić information content (AvgIpc) is 2.48. The Balaban J connectivity index is 1.83. The molecule has 3 nitrogen and oxygen atoms in total. The number of phenols is 2. The maximum absolute atomic E-state index is 10.1. The molecule has 0 radical (unpaired) electrons. The Morgan fingerprint density at radius 1 is 1.30 bits per heavy atom. The van der Waals surface area contributed by atoms with Crippen molar-refractivity contribution >= 4 is 0 Å². The molecule has 3 unspecified atom stereocenters. The smallest absolute Gasteiger partial charge is 0.160 e. The van der Waals surface area contributed by atoms with E-state index < -0.39 is 0 Å². The molecule has 110 valence electrons. The van der Waals surface area contributed by atoms with Crippen molar-refractivity contribution in [1.29, 1.82) is 0 Å². The zero-order valence-corrected chi connectivity index (χ0v) is 12.2. The second kappa shape index (κ2) is 5.65. The van der Waals surface area contributed by atoms with Gasteiger partial charge >= 0.3 is 0 Å². The second-order valence-electron chi connectivity index (χ2n) is 6.40. The average molecular weight is 275 g/mol. The number of rotatable bonds is 3. The van der Waals surface area contributed by atoms with E-state index in [1.54, 1.807) is 6.07 Å². The maximum atomic E-state index is 10.1. The molecule has 0 aromatic heterocycles. The van der Waals surface area contributed by atoms with Crippen LogP contribution in [0.4, 0.5) is 0 Å². The van der Waals surface area contributed by atoms with E-state index in [1.165, 1.54) is 31.2 Å². The van der Waals surface area contributed by atoms with Crippen molar-refractivity contribution in [2.75, 3.05) is 6.54 Å². The molecule has 0 amide bonds. The summed E-state index contributed by atoms with van der Waals surface area (Å²) < 4.78 is 0. The van der Waals surface area contributed by atoms with Crippen LogP contribution >= 0.6 is 0 Å². The topological polar surface area (TPSA) is 52.5 Å². The number of phenolic OH excluding ortho intramolecular Hbond substituents is 2. The van der Waals surface area contributed by atoms with Crippen molar-refractivity contribution in [3.8, 4) is 11.5 Å². The van der Waals surface area contributed by atoms with E-state index in [9.17, 15) is 10.2 Å². The summed E-state index contributed by atoms with van der Waals surface area (Å²) in [6, 6.07) is 4.21. The van der Waals surface area contributed by atoms with E-state index >= 15 is 0 Å².